The molecular formula is C11H21N. The summed E-state index contributed by atoms with van der Waals surface area (Å²) in [6.07, 6.45) is 7.09. The van der Waals surface area contributed by atoms with Crippen molar-refractivity contribution in [2.75, 3.05) is 0 Å². The van der Waals surface area contributed by atoms with E-state index in [0.29, 0.717) is 0 Å². The number of allylic oxidation sites excluding steroid dienone is 1. The smallest absolute Gasteiger partial charge is 0.00477 e. The molecule has 0 amide bonds. The van der Waals surface area contributed by atoms with Gasteiger partial charge in [-0.3, -0.25) is 0 Å². The van der Waals surface area contributed by atoms with Gasteiger partial charge < -0.3 is 5.41 Å². The first-order chi connectivity index (χ1) is 5.70. The molecule has 0 aromatic carbocycles. The second-order valence-corrected chi connectivity index (χ2v) is 3.55. The quantitative estimate of drug-likeness (QED) is 0.339. The van der Waals surface area contributed by atoms with Crippen LogP contribution < -0.4 is 0 Å². The number of unbranched alkanes of at least 4 members (excludes halogenated alkanes) is 1. The summed E-state index contributed by atoms with van der Waals surface area (Å²) in [5, 5.41) is 6.88. The van der Waals surface area contributed by atoms with E-state index >= 15 is 0 Å². The highest BCUT2D eigenvalue weighted by atomic mass is 14.3. The zero-order valence-electron chi connectivity index (χ0n) is 8.40. The monoisotopic (exact) mass is 167 g/mol. The van der Waals surface area contributed by atoms with E-state index in [1.54, 1.807) is 0 Å². The van der Waals surface area contributed by atoms with E-state index in [1.165, 1.54) is 18.2 Å². The standard InChI is InChI=1S/C11H21N/c1-4-10(2)9-11(3)7-5-6-8-12/h8,11-12H,2,4-7,9H2,1,3H3. The Bertz CT molecular complexity index is 138. The predicted octanol–water partition coefficient (Wildman–Crippen LogP) is 3.80. The molecule has 1 nitrogen and oxygen atoms in total. The maximum atomic E-state index is 6.88. The van der Waals surface area contributed by atoms with Gasteiger partial charge in [-0.15, -0.1) is 0 Å². The van der Waals surface area contributed by atoms with Crippen LogP contribution in [0.4, 0.5) is 0 Å². The van der Waals surface area contributed by atoms with Crippen molar-refractivity contribution in [3.8, 4) is 0 Å². The third-order valence-electron chi connectivity index (χ3n) is 2.18. The first-order valence-electron chi connectivity index (χ1n) is 4.86. The molecule has 0 bridgehead atoms. The third kappa shape index (κ3) is 6.14. The lowest BCUT2D eigenvalue weighted by atomic mass is 9.96. The van der Waals surface area contributed by atoms with E-state index in [0.717, 1.165) is 31.6 Å². The predicted molar refractivity (Wildman–Crippen MR) is 55.8 cm³/mol. The van der Waals surface area contributed by atoms with Crippen LogP contribution in [0.5, 0.6) is 0 Å². The number of hydrogen-bond donors (Lipinski definition) is 1. The van der Waals surface area contributed by atoms with Gasteiger partial charge in [0.05, 0.1) is 0 Å². The maximum absolute atomic E-state index is 6.88. The van der Waals surface area contributed by atoms with Gasteiger partial charge in [0.15, 0.2) is 0 Å². The summed E-state index contributed by atoms with van der Waals surface area (Å²) in [5.41, 5.74) is 1.36. The normalized spacial score (nSPS) is 12.5. The molecule has 0 rings (SSSR count). The summed E-state index contributed by atoms with van der Waals surface area (Å²) in [7, 11) is 0. The molecule has 0 saturated carbocycles. The summed E-state index contributed by atoms with van der Waals surface area (Å²) < 4.78 is 0. The van der Waals surface area contributed by atoms with Crippen molar-refractivity contribution in [1.82, 2.24) is 0 Å². The van der Waals surface area contributed by atoms with Gasteiger partial charge in [-0.05, 0) is 37.8 Å². The molecule has 1 atom stereocenters. The van der Waals surface area contributed by atoms with Crippen molar-refractivity contribution in [3.05, 3.63) is 12.2 Å². The Morgan fingerprint density at radius 2 is 2.25 bits per heavy atom. The van der Waals surface area contributed by atoms with E-state index in [4.69, 9.17) is 5.41 Å². The molecule has 0 aliphatic heterocycles. The topological polar surface area (TPSA) is 23.9 Å². The minimum atomic E-state index is 0.748. The molecular weight excluding hydrogens is 146 g/mol. The number of rotatable bonds is 7. The van der Waals surface area contributed by atoms with Crippen LogP contribution in [-0.2, 0) is 0 Å². The van der Waals surface area contributed by atoms with Crippen LogP contribution in [0.25, 0.3) is 0 Å². The largest absolute Gasteiger partial charge is 0.313 e. The summed E-state index contributed by atoms with van der Waals surface area (Å²) in [6, 6.07) is 0. The highest BCUT2D eigenvalue weighted by Gasteiger charge is 2.02. The first kappa shape index (κ1) is 11.4. The van der Waals surface area contributed by atoms with Gasteiger partial charge in [0.2, 0.25) is 0 Å². The van der Waals surface area contributed by atoms with Crippen molar-refractivity contribution < 1.29 is 0 Å². The summed E-state index contributed by atoms with van der Waals surface area (Å²) in [6.45, 7) is 8.42. The molecule has 0 fully saturated rings. The molecule has 0 aliphatic carbocycles. The molecule has 0 aromatic rings. The lowest BCUT2D eigenvalue weighted by Crippen LogP contribution is -1.96. The second-order valence-electron chi connectivity index (χ2n) is 3.55. The zero-order chi connectivity index (χ0) is 9.40. The Hall–Kier alpha value is -0.590. The lowest BCUT2D eigenvalue weighted by molar-refractivity contribution is 0.509. The van der Waals surface area contributed by atoms with Crippen LogP contribution in [0.2, 0.25) is 0 Å². The number of hydrogen-bond acceptors (Lipinski definition) is 1. The molecule has 1 heteroatoms. The number of nitrogens with one attached hydrogen (secondary N) is 1. The van der Waals surface area contributed by atoms with Crippen molar-refractivity contribution in [1.29, 1.82) is 5.41 Å². The fraction of sp³-hybridized carbons (Fsp3) is 0.727. The highest BCUT2D eigenvalue weighted by Crippen LogP contribution is 2.17. The molecule has 0 heterocycles. The molecule has 12 heavy (non-hydrogen) atoms. The van der Waals surface area contributed by atoms with E-state index < -0.39 is 0 Å². The van der Waals surface area contributed by atoms with Crippen LogP contribution in [-0.4, -0.2) is 6.21 Å². The molecule has 1 unspecified atom stereocenters. The first-order valence-corrected chi connectivity index (χ1v) is 4.86. The molecule has 0 saturated heterocycles. The lowest BCUT2D eigenvalue weighted by Gasteiger charge is -2.10. The van der Waals surface area contributed by atoms with Gasteiger partial charge >= 0.3 is 0 Å². The van der Waals surface area contributed by atoms with E-state index in [2.05, 4.69) is 20.4 Å². The van der Waals surface area contributed by atoms with E-state index in [9.17, 15) is 0 Å². The minimum Gasteiger partial charge on any atom is -0.313 e. The maximum Gasteiger partial charge on any atom is -0.00477 e. The molecule has 0 radical (unpaired) electrons. The Morgan fingerprint density at radius 1 is 1.58 bits per heavy atom. The van der Waals surface area contributed by atoms with Crippen molar-refractivity contribution in [2.45, 2.75) is 46.0 Å². The van der Waals surface area contributed by atoms with Gasteiger partial charge in [0, 0.05) is 0 Å². The average molecular weight is 167 g/mol. The van der Waals surface area contributed by atoms with Crippen LogP contribution in [0.1, 0.15) is 46.0 Å². The third-order valence-corrected chi connectivity index (χ3v) is 2.18. The van der Waals surface area contributed by atoms with Crippen molar-refractivity contribution >= 4 is 6.21 Å². The fourth-order valence-corrected chi connectivity index (χ4v) is 1.31. The Morgan fingerprint density at radius 3 is 2.75 bits per heavy atom. The minimum absolute atomic E-state index is 0.748. The van der Waals surface area contributed by atoms with Crippen LogP contribution in [0.15, 0.2) is 12.2 Å². The van der Waals surface area contributed by atoms with Gasteiger partial charge in [-0.2, -0.15) is 0 Å². The molecule has 0 aromatic heterocycles. The summed E-state index contributed by atoms with van der Waals surface area (Å²) in [5.74, 6) is 0.748. The summed E-state index contributed by atoms with van der Waals surface area (Å²) >= 11 is 0. The van der Waals surface area contributed by atoms with Crippen molar-refractivity contribution in [3.63, 3.8) is 0 Å². The molecule has 0 aliphatic rings. The average Bonchev–Trinajstić information content (AvgIpc) is 2.05. The summed E-state index contributed by atoms with van der Waals surface area (Å²) in [4.78, 5) is 0. The highest BCUT2D eigenvalue weighted by molar-refractivity contribution is 5.52. The Labute approximate surface area is 76.4 Å². The van der Waals surface area contributed by atoms with E-state index in [-0.39, 0.29) is 0 Å². The van der Waals surface area contributed by atoms with Crippen LogP contribution in [0.3, 0.4) is 0 Å². The zero-order valence-corrected chi connectivity index (χ0v) is 8.40. The van der Waals surface area contributed by atoms with E-state index in [1.807, 2.05) is 0 Å². The molecule has 1 N–H and O–H groups in total. The fourth-order valence-electron chi connectivity index (χ4n) is 1.31. The Kier molecular flexibility index (Phi) is 6.73. The van der Waals surface area contributed by atoms with Gasteiger partial charge in [0.1, 0.15) is 0 Å². The molecule has 0 spiro atoms. The van der Waals surface area contributed by atoms with Crippen LogP contribution in [0, 0.1) is 11.3 Å². The molecule has 70 valence electrons. The van der Waals surface area contributed by atoms with Gasteiger partial charge in [0.25, 0.3) is 0 Å². The van der Waals surface area contributed by atoms with Crippen molar-refractivity contribution in [2.24, 2.45) is 5.92 Å². The van der Waals surface area contributed by atoms with Crippen LogP contribution >= 0.6 is 0 Å². The second kappa shape index (κ2) is 7.08. The SMILES string of the molecule is C=C(CC)CC(C)CCCC=N. The van der Waals surface area contributed by atoms with Gasteiger partial charge in [-0.1, -0.05) is 32.4 Å². The van der Waals surface area contributed by atoms with Gasteiger partial charge in [-0.25, -0.2) is 0 Å². The Balaban J connectivity index is 3.38.